The average Bonchev–Trinajstić information content (AvgIpc) is 3.22. The second kappa shape index (κ2) is 16.7. The van der Waals surface area contributed by atoms with Gasteiger partial charge in [-0.1, -0.05) is 113 Å². The minimum Gasteiger partial charge on any atom is -0.273 e. The van der Waals surface area contributed by atoms with E-state index in [2.05, 4.69) is 29.4 Å². The van der Waals surface area contributed by atoms with Crippen LogP contribution in [-0.2, 0) is 0 Å². The van der Waals surface area contributed by atoms with Crippen molar-refractivity contribution < 1.29 is 4.79 Å². The van der Waals surface area contributed by atoms with Crippen molar-refractivity contribution >= 4 is 16.9 Å². The van der Waals surface area contributed by atoms with Crippen molar-refractivity contribution in [3.63, 3.8) is 0 Å². The Hall–Kier alpha value is -1.97. The van der Waals surface area contributed by atoms with Crippen LogP contribution in [0.2, 0.25) is 0 Å². The molecule has 0 N–H and O–H groups in total. The fourth-order valence-electron chi connectivity index (χ4n) is 4.05. The van der Waals surface area contributed by atoms with Crippen LogP contribution >= 0.6 is 0 Å². The highest BCUT2D eigenvalue weighted by atomic mass is 16.2. The Morgan fingerprint density at radius 1 is 0.774 bits per heavy atom. The first kappa shape index (κ1) is 25.3. The van der Waals surface area contributed by atoms with Gasteiger partial charge in [0.15, 0.2) is 0 Å². The van der Waals surface area contributed by atoms with Crippen LogP contribution in [0.1, 0.15) is 121 Å². The monoisotopic (exact) mass is 425 g/mol. The number of hydrogen-bond acceptors (Lipinski definition) is 3. The highest BCUT2D eigenvalue weighted by Crippen LogP contribution is 2.14. The largest absolute Gasteiger partial charge is 0.273 e. The molecule has 0 aliphatic heterocycles. The van der Waals surface area contributed by atoms with Gasteiger partial charge in [0, 0.05) is 6.42 Å². The number of allylic oxidation sites excluding steroid dienone is 2. The van der Waals surface area contributed by atoms with Gasteiger partial charge in [0.25, 0.3) is 0 Å². The van der Waals surface area contributed by atoms with E-state index in [4.69, 9.17) is 0 Å². The van der Waals surface area contributed by atoms with Crippen LogP contribution in [0.5, 0.6) is 0 Å². The smallest absolute Gasteiger partial charge is 0.248 e. The van der Waals surface area contributed by atoms with Gasteiger partial charge in [0.05, 0.1) is 5.52 Å². The topological polar surface area (TPSA) is 47.8 Å². The molecule has 0 fully saturated rings. The Labute approximate surface area is 189 Å². The number of unbranched alkanes of at least 4 members (excludes halogenated alkanes) is 14. The molecule has 1 aromatic heterocycles. The molecule has 4 heteroatoms. The maximum absolute atomic E-state index is 12.3. The number of para-hydroxylation sites is 1. The Balaban J connectivity index is 1.37. The zero-order valence-corrected chi connectivity index (χ0v) is 19.7. The summed E-state index contributed by atoms with van der Waals surface area (Å²) in [4.78, 5) is 12.3. The molecule has 0 bridgehead atoms. The predicted octanol–water partition coefficient (Wildman–Crippen LogP) is 8.28. The SMILES string of the molecule is CCCCCCCCCCCCCCC/C=C/CCCC(=O)n1nnc2ccccc21. The lowest BCUT2D eigenvalue weighted by molar-refractivity contribution is 0.0887. The van der Waals surface area contributed by atoms with Crippen molar-refractivity contribution in [2.45, 2.75) is 116 Å². The zero-order valence-electron chi connectivity index (χ0n) is 19.7. The molecule has 0 amide bonds. The van der Waals surface area contributed by atoms with Crippen LogP contribution in [0, 0.1) is 0 Å². The minimum absolute atomic E-state index is 0.0265. The maximum Gasteiger partial charge on any atom is 0.248 e. The van der Waals surface area contributed by atoms with E-state index < -0.39 is 0 Å². The molecule has 172 valence electrons. The molecule has 2 aromatic rings. The minimum atomic E-state index is 0.0265. The first-order valence-electron chi connectivity index (χ1n) is 12.8. The summed E-state index contributed by atoms with van der Waals surface area (Å²) in [5.74, 6) is 0.0265. The standard InChI is InChI=1S/C27H43N3O/c1-2-3-4-5-6-7-8-9-10-11-12-13-14-15-16-17-18-19-24-27(31)30-26-23-21-20-22-25(26)28-29-30/h16-17,20-23H,2-15,18-19,24H2,1H3/b17-16+. The van der Waals surface area contributed by atoms with Gasteiger partial charge in [0.2, 0.25) is 5.91 Å². The number of carbonyl (C=O) groups is 1. The molecule has 4 nitrogen and oxygen atoms in total. The molecule has 0 saturated heterocycles. The molecule has 0 saturated carbocycles. The third-order valence-corrected chi connectivity index (χ3v) is 5.99. The Bertz CT molecular complexity index is 750. The van der Waals surface area contributed by atoms with E-state index in [0.717, 1.165) is 23.9 Å². The third-order valence-electron chi connectivity index (χ3n) is 5.99. The van der Waals surface area contributed by atoms with Gasteiger partial charge in [-0.2, -0.15) is 4.68 Å². The summed E-state index contributed by atoms with van der Waals surface area (Å²) >= 11 is 0. The quantitative estimate of drug-likeness (QED) is 0.178. The van der Waals surface area contributed by atoms with Crippen molar-refractivity contribution in [2.75, 3.05) is 0 Å². The Morgan fingerprint density at radius 3 is 1.97 bits per heavy atom. The Morgan fingerprint density at radius 2 is 1.32 bits per heavy atom. The van der Waals surface area contributed by atoms with Crippen LogP contribution in [-0.4, -0.2) is 20.9 Å². The summed E-state index contributed by atoms with van der Waals surface area (Å²) < 4.78 is 1.44. The van der Waals surface area contributed by atoms with Crippen molar-refractivity contribution in [3.05, 3.63) is 36.4 Å². The normalized spacial score (nSPS) is 11.6. The highest BCUT2D eigenvalue weighted by molar-refractivity contribution is 5.88. The van der Waals surface area contributed by atoms with Crippen LogP contribution in [0.4, 0.5) is 0 Å². The summed E-state index contributed by atoms with van der Waals surface area (Å²) in [6, 6.07) is 7.59. The van der Waals surface area contributed by atoms with Crippen molar-refractivity contribution in [1.82, 2.24) is 15.0 Å². The lowest BCUT2D eigenvalue weighted by Crippen LogP contribution is -2.11. The molecule has 1 aromatic carbocycles. The van der Waals surface area contributed by atoms with Crippen LogP contribution < -0.4 is 0 Å². The summed E-state index contributed by atoms with van der Waals surface area (Å²) in [7, 11) is 0. The van der Waals surface area contributed by atoms with Crippen molar-refractivity contribution in [2.24, 2.45) is 0 Å². The van der Waals surface area contributed by atoms with Gasteiger partial charge >= 0.3 is 0 Å². The van der Waals surface area contributed by atoms with Gasteiger partial charge in [-0.15, -0.1) is 5.10 Å². The Kier molecular flexibility index (Phi) is 13.6. The summed E-state index contributed by atoms with van der Waals surface area (Å²) in [6.45, 7) is 2.28. The first-order chi connectivity index (χ1) is 15.3. The number of hydrogen-bond donors (Lipinski definition) is 0. The summed E-state index contributed by atoms with van der Waals surface area (Å²) in [5, 5.41) is 8.04. The molecule has 0 spiro atoms. The summed E-state index contributed by atoms with van der Waals surface area (Å²) in [5.41, 5.74) is 1.57. The summed E-state index contributed by atoms with van der Waals surface area (Å²) in [6.07, 6.45) is 26.2. The highest BCUT2D eigenvalue weighted by Gasteiger charge is 2.10. The second-order valence-electron chi connectivity index (χ2n) is 8.78. The molecule has 0 radical (unpaired) electrons. The average molecular weight is 426 g/mol. The number of fused-ring (bicyclic) bond motifs is 1. The molecule has 0 aliphatic carbocycles. The van der Waals surface area contributed by atoms with Crippen LogP contribution in [0.15, 0.2) is 36.4 Å². The van der Waals surface area contributed by atoms with Crippen LogP contribution in [0.3, 0.4) is 0 Å². The van der Waals surface area contributed by atoms with Crippen molar-refractivity contribution in [1.29, 1.82) is 0 Å². The molecular weight excluding hydrogens is 382 g/mol. The van der Waals surface area contributed by atoms with E-state index in [0.29, 0.717) is 6.42 Å². The maximum atomic E-state index is 12.3. The van der Waals surface area contributed by atoms with E-state index in [1.165, 1.54) is 94.6 Å². The van der Waals surface area contributed by atoms with Gasteiger partial charge in [0.1, 0.15) is 5.52 Å². The fourth-order valence-corrected chi connectivity index (χ4v) is 4.05. The first-order valence-corrected chi connectivity index (χ1v) is 12.8. The van der Waals surface area contributed by atoms with E-state index in [1.54, 1.807) is 0 Å². The second-order valence-corrected chi connectivity index (χ2v) is 8.78. The van der Waals surface area contributed by atoms with Gasteiger partial charge in [-0.25, -0.2) is 0 Å². The molecule has 2 rings (SSSR count). The number of benzene rings is 1. The van der Waals surface area contributed by atoms with Crippen LogP contribution in [0.25, 0.3) is 11.0 Å². The molecule has 0 atom stereocenters. The van der Waals surface area contributed by atoms with Gasteiger partial charge < -0.3 is 0 Å². The van der Waals surface area contributed by atoms with Gasteiger partial charge in [-0.3, -0.25) is 4.79 Å². The lowest BCUT2D eigenvalue weighted by Gasteiger charge is -2.02. The third kappa shape index (κ3) is 10.8. The molecule has 0 aliphatic rings. The molecular formula is C27H43N3O. The van der Waals surface area contributed by atoms with E-state index in [1.807, 2.05) is 24.3 Å². The van der Waals surface area contributed by atoms with E-state index >= 15 is 0 Å². The zero-order chi connectivity index (χ0) is 22.0. The molecule has 0 unspecified atom stereocenters. The number of nitrogens with zero attached hydrogens (tertiary/aromatic N) is 3. The number of aromatic nitrogens is 3. The lowest BCUT2D eigenvalue weighted by atomic mass is 10.0. The molecule has 31 heavy (non-hydrogen) atoms. The van der Waals surface area contributed by atoms with E-state index in [-0.39, 0.29) is 5.91 Å². The number of rotatable bonds is 18. The fraction of sp³-hybridized carbons (Fsp3) is 0.667. The molecule has 1 heterocycles. The van der Waals surface area contributed by atoms with E-state index in [9.17, 15) is 4.79 Å². The predicted molar refractivity (Wildman–Crippen MR) is 131 cm³/mol. The van der Waals surface area contributed by atoms with Gasteiger partial charge in [-0.05, 0) is 37.8 Å². The van der Waals surface area contributed by atoms with Crippen molar-refractivity contribution in [3.8, 4) is 0 Å². The number of carbonyl (C=O) groups excluding carboxylic acids is 1.